The highest BCUT2D eigenvalue weighted by atomic mass is 32.2. The number of hydrogen-bond acceptors (Lipinski definition) is 6. The largest absolute Gasteiger partial charge is 0.497 e. The Bertz CT molecular complexity index is 888. The van der Waals surface area contributed by atoms with Gasteiger partial charge in [-0.3, -0.25) is 4.79 Å². The number of hydrogen-bond donors (Lipinski definition) is 1. The van der Waals surface area contributed by atoms with Gasteiger partial charge in [-0.2, -0.15) is 0 Å². The van der Waals surface area contributed by atoms with Crippen molar-refractivity contribution in [2.24, 2.45) is 7.05 Å². The zero-order valence-electron chi connectivity index (χ0n) is 14.4. The number of carbonyl (C=O) groups excluding carboxylic acids is 1. The number of thioether (sulfide) groups is 1. The van der Waals surface area contributed by atoms with Crippen molar-refractivity contribution in [3.8, 4) is 5.75 Å². The molecule has 3 aromatic rings. The molecule has 0 aliphatic carbocycles. The van der Waals surface area contributed by atoms with Crippen LogP contribution in [0.15, 0.2) is 28.6 Å². The molecule has 0 unspecified atom stereocenters. The maximum atomic E-state index is 12.4. The van der Waals surface area contributed by atoms with Crippen molar-refractivity contribution < 1.29 is 9.53 Å². The monoisotopic (exact) mass is 376 g/mol. The molecule has 0 bridgehead atoms. The van der Waals surface area contributed by atoms with Gasteiger partial charge in [0.05, 0.1) is 12.6 Å². The van der Waals surface area contributed by atoms with E-state index in [1.165, 1.54) is 0 Å². The van der Waals surface area contributed by atoms with Crippen molar-refractivity contribution in [3.05, 3.63) is 35.0 Å². The summed E-state index contributed by atoms with van der Waals surface area (Å²) in [7, 11) is 3.53. The predicted molar refractivity (Wildman–Crippen MR) is 102 cm³/mol. The van der Waals surface area contributed by atoms with Crippen LogP contribution in [0.25, 0.3) is 10.9 Å². The first-order chi connectivity index (χ1) is 12.1. The minimum atomic E-state index is -0.0607. The van der Waals surface area contributed by atoms with Gasteiger partial charge >= 0.3 is 0 Å². The molecule has 2 heterocycles. The fraction of sp³-hybridized carbons (Fsp3) is 0.353. The first-order valence-electron chi connectivity index (χ1n) is 7.93. The molecular weight excluding hydrogens is 356 g/mol. The molecule has 1 aromatic carbocycles. The lowest BCUT2D eigenvalue weighted by Crippen LogP contribution is -2.26. The fourth-order valence-corrected chi connectivity index (χ4v) is 4.34. The number of benzene rings is 1. The molecule has 1 amide bonds. The molecule has 25 heavy (non-hydrogen) atoms. The Labute approximate surface area is 154 Å². The number of aryl methyl sites for hydroxylation is 2. The summed E-state index contributed by atoms with van der Waals surface area (Å²) in [5.41, 5.74) is 1.63. The number of carbonyl (C=O) groups is 1. The van der Waals surface area contributed by atoms with Gasteiger partial charge in [0.1, 0.15) is 16.5 Å². The Hall–Kier alpha value is -2.06. The van der Waals surface area contributed by atoms with Gasteiger partial charge < -0.3 is 14.6 Å². The molecule has 0 radical (unpaired) electrons. The van der Waals surface area contributed by atoms with Crippen LogP contribution < -0.4 is 10.1 Å². The number of ether oxygens (including phenoxy) is 1. The number of methoxy groups -OCH3 is 1. The molecule has 0 aliphatic rings. The van der Waals surface area contributed by atoms with Crippen LogP contribution >= 0.6 is 23.1 Å². The van der Waals surface area contributed by atoms with E-state index in [4.69, 9.17) is 4.74 Å². The molecule has 0 saturated carbocycles. The molecule has 2 aromatic heterocycles. The minimum absolute atomic E-state index is 0.0607. The standard InChI is InChI=1S/C17H20N4O2S2/c1-11-19-20-17(25-11)24-8-4-7-18-16(22)15-9-12-5-6-13(23-3)10-14(12)21(15)2/h5-6,9-10H,4,7-8H2,1-3H3,(H,18,22). The number of nitrogens with zero attached hydrogens (tertiary/aromatic N) is 3. The van der Waals surface area contributed by atoms with Crippen molar-refractivity contribution >= 4 is 39.9 Å². The number of fused-ring (bicyclic) bond motifs is 1. The Morgan fingerprint density at radius 1 is 1.36 bits per heavy atom. The maximum Gasteiger partial charge on any atom is 0.267 e. The van der Waals surface area contributed by atoms with Crippen LogP contribution in [0.4, 0.5) is 0 Å². The number of nitrogens with one attached hydrogen (secondary N) is 1. The van der Waals surface area contributed by atoms with Crippen molar-refractivity contribution in [2.75, 3.05) is 19.4 Å². The van der Waals surface area contributed by atoms with E-state index in [1.54, 1.807) is 30.2 Å². The predicted octanol–water partition coefficient (Wildman–Crippen LogP) is 3.26. The highest BCUT2D eigenvalue weighted by Crippen LogP contribution is 2.24. The molecule has 6 nitrogen and oxygen atoms in total. The third-order valence-electron chi connectivity index (χ3n) is 3.82. The highest BCUT2D eigenvalue weighted by molar-refractivity contribution is 8.01. The van der Waals surface area contributed by atoms with E-state index in [0.29, 0.717) is 12.2 Å². The maximum absolute atomic E-state index is 12.4. The van der Waals surface area contributed by atoms with Crippen LogP contribution in [0.2, 0.25) is 0 Å². The van der Waals surface area contributed by atoms with E-state index in [0.717, 1.165) is 38.2 Å². The van der Waals surface area contributed by atoms with Crippen molar-refractivity contribution in [2.45, 2.75) is 17.7 Å². The normalized spacial score (nSPS) is 11.0. The van der Waals surface area contributed by atoms with Gasteiger partial charge in [0.25, 0.3) is 5.91 Å². The van der Waals surface area contributed by atoms with Crippen LogP contribution in [0, 0.1) is 6.92 Å². The SMILES string of the molecule is COc1ccc2cc(C(=O)NCCCSc3nnc(C)s3)n(C)c2c1. The van der Waals surface area contributed by atoms with E-state index < -0.39 is 0 Å². The lowest BCUT2D eigenvalue weighted by molar-refractivity contribution is 0.0946. The summed E-state index contributed by atoms with van der Waals surface area (Å²) in [5, 5.41) is 13.1. The summed E-state index contributed by atoms with van der Waals surface area (Å²) in [5.74, 6) is 1.63. The van der Waals surface area contributed by atoms with Gasteiger partial charge in [-0.05, 0) is 31.5 Å². The Kier molecular flexibility index (Phi) is 5.60. The summed E-state index contributed by atoms with van der Waals surface area (Å²) in [4.78, 5) is 12.4. The third kappa shape index (κ3) is 4.13. The quantitative estimate of drug-likeness (QED) is 0.506. The van der Waals surface area contributed by atoms with Gasteiger partial charge in [0, 0.05) is 30.8 Å². The average molecular weight is 377 g/mol. The van der Waals surface area contributed by atoms with E-state index in [9.17, 15) is 4.79 Å². The molecule has 0 spiro atoms. The zero-order valence-corrected chi connectivity index (χ0v) is 16.0. The van der Waals surface area contributed by atoms with Gasteiger partial charge in [-0.15, -0.1) is 10.2 Å². The molecule has 0 saturated heterocycles. The Morgan fingerprint density at radius 2 is 2.20 bits per heavy atom. The number of rotatable bonds is 7. The van der Waals surface area contributed by atoms with Crippen molar-refractivity contribution in [3.63, 3.8) is 0 Å². The molecule has 3 rings (SSSR count). The van der Waals surface area contributed by atoms with Gasteiger partial charge in [-0.25, -0.2) is 0 Å². The summed E-state index contributed by atoms with van der Waals surface area (Å²) in [6.07, 6.45) is 0.882. The third-order valence-corrected chi connectivity index (χ3v) is 5.88. The van der Waals surface area contributed by atoms with Crippen molar-refractivity contribution in [1.29, 1.82) is 0 Å². The summed E-state index contributed by atoms with van der Waals surface area (Å²) in [6, 6.07) is 7.71. The van der Waals surface area contributed by atoms with Crippen LogP contribution in [0.3, 0.4) is 0 Å². The first kappa shape index (κ1) is 17.8. The Morgan fingerprint density at radius 3 is 2.92 bits per heavy atom. The van der Waals surface area contributed by atoms with Crippen molar-refractivity contribution in [1.82, 2.24) is 20.1 Å². The van der Waals surface area contributed by atoms with Crippen LogP contribution in [-0.4, -0.2) is 40.1 Å². The highest BCUT2D eigenvalue weighted by Gasteiger charge is 2.13. The van der Waals surface area contributed by atoms with Crippen LogP contribution in [0.1, 0.15) is 21.9 Å². The molecule has 0 atom stereocenters. The second kappa shape index (κ2) is 7.88. The van der Waals surface area contributed by atoms with Gasteiger partial charge in [0.2, 0.25) is 0 Å². The Balaban J connectivity index is 1.54. The molecule has 0 fully saturated rings. The van der Waals surface area contributed by atoms with E-state index in [1.807, 2.05) is 42.8 Å². The molecule has 132 valence electrons. The van der Waals surface area contributed by atoms with Gasteiger partial charge in [0.15, 0.2) is 4.34 Å². The minimum Gasteiger partial charge on any atom is -0.497 e. The average Bonchev–Trinajstić information content (AvgIpc) is 3.17. The molecular formula is C17H20N4O2S2. The first-order valence-corrected chi connectivity index (χ1v) is 9.73. The number of aromatic nitrogens is 3. The van der Waals surface area contributed by atoms with Crippen LogP contribution in [0.5, 0.6) is 5.75 Å². The second-order valence-corrected chi connectivity index (χ2v) is 8.08. The summed E-state index contributed by atoms with van der Waals surface area (Å²) >= 11 is 3.27. The smallest absolute Gasteiger partial charge is 0.267 e. The second-order valence-electron chi connectivity index (χ2n) is 5.56. The summed E-state index contributed by atoms with van der Waals surface area (Å²) < 4.78 is 8.12. The van der Waals surface area contributed by atoms with Crippen LogP contribution in [-0.2, 0) is 7.05 Å². The zero-order chi connectivity index (χ0) is 17.8. The number of amides is 1. The molecule has 8 heteroatoms. The van der Waals surface area contributed by atoms with E-state index >= 15 is 0 Å². The molecule has 0 aliphatic heterocycles. The molecule has 1 N–H and O–H groups in total. The topological polar surface area (TPSA) is 69.0 Å². The van der Waals surface area contributed by atoms with E-state index in [2.05, 4.69) is 15.5 Å². The lowest BCUT2D eigenvalue weighted by Gasteiger charge is -2.06. The van der Waals surface area contributed by atoms with Gasteiger partial charge in [-0.1, -0.05) is 23.1 Å². The van der Waals surface area contributed by atoms with E-state index in [-0.39, 0.29) is 5.91 Å². The lowest BCUT2D eigenvalue weighted by atomic mass is 10.2. The fourth-order valence-electron chi connectivity index (χ4n) is 2.52. The summed E-state index contributed by atoms with van der Waals surface area (Å²) in [6.45, 7) is 2.58.